The summed E-state index contributed by atoms with van der Waals surface area (Å²) in [5, 5.41) is 12.4. The zero-order valence-corrected chi connectivity index (χ0v) is 12.9. The van der Waals surface area contributed by atoms with Gasteiger partial charge in [0.2, 0.25) is 0 Å². The zero-order chi connectivity index (χ0) is 14.7. The molecular weight excluding hydrogens is 286 g/mol. The van der Waals surface area contributed by atoms with Crippen LogP contribution >= 0.6 is 11.6 Å². The third-order valence-electron chi connectivity index (χ3n) is 4.76. The molecule has 0 aromatic heterocycles. The lowest BCUT2D eigenvalue weighted by molar-refractivity contribution is 0.360. The number of phenolic OH excluding ortho intramolecular Hbond substituents is 1. The molecule has 0 fully saturated rings. The van der Waals surface area contributed by atoms with E-state index in [1.807, 2.05) is 26.1 Å². The van der Waals surface area contributed by atoms with E-state index in [0.717, 1.165) is 41.8 Å². The summed E-state index contributed by atoms with van der Waals surface area (Å²) in [6, 6.07) is 5.93. The first kappa shape index (κ1) is 13.1. The van der Waals surface area contributed by atoms with Gasteiger partial charge < -0.3 is 14.7 Å². The molecule has 4 rings (SSSR count). The number of halogens is 1. The number of rotatable bonds is 1. The number of ether oxygens (including phenoxy) is 1. The van der Waals surface area contributed by atoms with Gasteiger partial charge in [-0.3, -0.25) is 0 Å². The first-order chi connectivity index (χ1) is 10.1. The number of hydrogen-bond acceptors (Lipinski definition) is 3. The molecule has 0 radical (unpaired) electrons. The van der Waals surface area contributed by atoms with Gasteiger partial charge in [-0.25, -0.2) is 0 Å². The number of aromatic hydroxyl groups is 1. The van der Waals surface area contributed by atoms with Crippen molar-refractivity contribution in [1.82, 2.24) is 0 Å². The van der Waals surface area contributed by atoms with Crippen LogP contribution in [0.1, 0.15) is 24.0 Å². The fourth-order valence-corrected chi connectivity index (χ4v) is 3.90. The maximum absolute atomic E-state index is 10.4. The van der Waals surface area contributed by atoms with Crippen molar-refractivity contribution in [2.45, 2.75) is 24.6 Å². The van der Waals surface area contributed by atoms with Crippen molar-refractivity contribution in [1.29, 1.82) is 0 Å². The first-order valence-corrected chi connectivity index (χ1v) is 7.81. The number of nitrogens with zero attached hydrogens (tertiary/aromatic N) is 1. The molecule has 0 saturated carbocycles. The Labute approximate surface area is 129 Å². The van der Waals surface area contributed by atoms with Gasteiger partial charge >= 0.3 is 0 Å². The summed E-state index contributed by atoms with van der Waals surface area (Å²) in [7, 11) is 2.05. The number of fused-ring (bicyclic) bond motifs is 5. The van der Waals surface area contributed by atoms with E-state index in [9.17, 15) is 5.11 Å². The summed E-state index contributed by atoms with van der Waals surface area (Å²) in [5.74, 6) is 1.51. The van der Waals surface area contributed by atoms with Crippen LogP contribution < -0.4 is 9.64 Å². The second kappa shape index (κ2) is 4.44. The minimum Gasteiger partial charge on any atom is -0.507 e. The smallest absolute Gasteiger partial charge is 0.130 e. The molecule has 3 nitrogen and oxygen atoms in total. The molecule has 2 aromatic rings. The van der Waals surface area contributed by atoms with Gasteiger partial charge in [-0.1, -0.05) is 12.1 Å². The summed E-state index contributed by atoms with van der Waals surface area (Å²) in [5.41, 5.74) is 3.53. The van der Waals surface area contributed by atoms with E-state index in [-0.39, 0.29) is 11.3 Å². The predicted octanol–water partition coefficient (Wildman–Crippen LogP) is 3.64. The van der Waals surface area contributed by atoms with Crippen molar-refractivity contribution in [2.24, 2.45) is 0 Å². The van der Waals surface area contributed by atoms with Crippen LogP contribution in [0.15, 0.2) is 18.2 Å². The Kier molecular flexibility index (Phi) is 2.77. The van der Waals surface area contributed by atoms with Crippen LogP contribution in [0.25, 0.3) is 10.8 Å². The summed E-state index contributed by atoms with van der Waals surface area (Å²) >= 11 is 6.44. The Hall–Kier alpha value is -1.61. The Bertz CT molecular complexity index is 741. The largest absolute Gasteiger partial charge is 0.507 e. The number of likely N-dealkylation sites (N-methyl/N-ethyl adjacent to an activating group) is 1. The van der Waals surface area contributed by atoms with Crippen LogP contribution in [0, 0.1) is 0 Å². The molecule has 2 aliphatic rings. The van der Waals surface area contributed by atoms with E-state index in [4.69, 9.17) is 16.3 Å². The molecule has 0 aliphatic carbocycles. The van der Waals surface area contributed by atoms with Gasteiger partial charge in [0, 0.05) is 53.8 Å². The number of benzene rings is 2. The van der Waals surface area contributed by atoms with Crippen molar-refractivity contribution in [2.75, 3.05) is 25.1 Å². The molecule has 21 heavy (non-hydrogen) atoms. The maximum Gasteiger partial charge on any atom is 0.130 e. The molecule has 0 saturated heterocycles. The van der Waals surface area contributed by atoms with Crippen LogP contribution in [-0.2, 0) is 6.42 Å². The van der Waals surface area contributed by atoms with Gasteiger partial charge in [-0.2, -0.15) is 0 Å². The standard InChI is InChI=1S/C17H18ClNO2/c1-9(18)12-8-19(2)13-7-14(20)11-4-3-10-5-6-21-17(10)16(11)15(12)13/h3-4,7,9,12,20H,5-6,8H2,1-2H3/t9-,12+/m1/s1. The quantitative estimate of drug-likeness (QED) is 0.816. The minimum absolute atomic E-state index is 0.0405. The average molecular weight is 304 g/mol. The van der Waals surface area contributed by atoms with Gasteiger partial charge in [0.15, 0.2) is 0 Å². The normalized spacial score (nSPS) is 21.3. The van der Waals surface area contributed by atoms with Gasteiger partial charge in [0.25, 0.3) is 0 Å². The van der Waals surface area contributed by atoms with Crippen LogP contribution in [-0.4, -0.2) is 30.7 Å². The molecule has 0 amide bonds. The first-order valence-electron chi connectivity index (χ1n) is 7.37. The summed E-state index contributed by atoms with van der Waals surface area (Å²) < 4.78 is 5.88. The molecule has 0 bridgehead atoms. The minimum atomic E-state index is 0.0405. The summed E-state index contributed by atoms with van der Waals surface area (Å²) in [6.45, 7) is 3.63. The molecule has 0 spiro atoms. The lowest BCUT2D eigenvalue weighted by Gasteiger charge is -2.17. The van der Waals surface area contributed by atoms with E-state index in [1.54, 1.807) is 0 Å². The monoisotopic (exact) mass is 303 g/mol. The van der Waals surface area contributed by atoms with Gasteiger partial charge in [0.1, 0.15) is 11.5 Å². The molecule has 4 heteroatoms. The topological polar surface area (TPSA) is 32.7 Å². The van der Waals surface area contributed by atoms with Crippen LogP contribution in [0.5, 0.6) is 11.5 Å². The fourth-order valence-electron chi connectivity index (χ4n) is 3.70. The van der Waals surface area contributed by atoms with Crippen LogP contribution in [0.3, 0.4) is 0 Å². The fraction of sp³-hybridized carbons (Fsp3) is 0.412. The van der Waals surface area contributed by atoms with Gasteiger partial charge in [0.05, 0.1) is 6.61 Å². The van der Waals surface area contributed by atoms with E-state index < -0.39 is 0 Å². The lowest BCUT2D eigenvalue weighted by Crippen LogP contribution is -2.19. The average Bonchev–Trinajstić information content (AvgIpc) is 3.04. The highest BCUT2D eigenvalue weighted by Crippen LogP contribution is 2.50. The Morgan fingerprint density at radius 2 is 2.24 bits per heavy atom. The third-order valence-corrected chi connectivity index (χ3v) is 5.06. The molecule has 1 N–H and O–H groups in total. The predicted molar refractivity (Wildman–Crippen MR) is 86.1 cm³/mol. The number of phenols is 1. The van der Waals surface area contributed by atoms with Crippen molar-refractivity contribution < 1.29 is 9.84 Å². The third kappa shape index (κ3) is 1.73. The Morgan fingerprint density at radius 3 is 3.00 bits per heavy atom. The number of hydrogen-bond donors (Lipinski definition) is 1. The van der Waals surface area contributed by atoms with Crippen LogP contribution in [0.4, 0.5) is 5.69 Å². The van der Waals surface area contributed by atoms with E-state index in [2.05, 4.69) is 11.0 Å². The Balaban J connectivity index is 2.12. The highest BCUT2D eigenvalue weighted by atomic mass is 35.5. The summed E-state index contributed by atoms with van der Waals surface area (Å²) in [6.07, 6.45) is 0.937. The second-order valence-corrected chi connectivity index (χ2v) is 6.76. The van der Waals surface area contributed by atoms with Crippen molar-refractivity contribution >= 4 is 28.1 Å². The molecule has 110 valence electrons. The molecular formula is C17H18ClNO2. The van der Waals surface area contributed by atoms with Gasteiger partial charge in [-0.15, -0.1) is 11.6 Å². The van der Waals surface area contributed by atoms with E-state index >= 15 is 0 Å². The second-order valence-electron chi connectivity index (χ2n) is 6.07. The number of anilines is 1. The SMILES string of the molecule is C[C@@H](Cl)[C@@H]1CN(C)c2cc(O)c3ccc4c(c3c21)OCC4. The Morgan fingerprint density at radius 1 is 1.43 bits per heavy atom. The van der Waals surface area contributed by atoms with Crippen molar-refractivity contribution in [3.8, 4) is 11.5 Å². The number of alkyl halides is 1. The summed E-state index contributed by atoms with van der Waals surface area (Å²) in [4.78, 5) is 2.17. The maximum atomic E-state index is 10.4. The van der Waals surface area contributed by atoms with Crippen LogP contribution in [0.2, 0.25) is 0 Å². The molecule has 2 heterocycles. The van der Waals surface area contributed by atoms with E-state index in [0.29, 0.717) is 5.75 Å². The van der Waals surface area contributed by atoms with Crippen molar-refractivity contribution in [3.63, 3.8) is 0 Å². The molecule has 2 atom stereocenters. The molecule has 2 aliphatic heterocycles. The molecule has 2 aromatic carbocycles. The molecule has 0 unspecified atom stereocenters. The highest BCUT2D eigenvalue weighted by Gasteiger charge is 2.34. The zero-order valence-electron chi connectivity index (χ0n) is 12.2. The van der Waals surface area contributed by atoms with Gasteiger partial charge in [-0.05, 0) is 18.1 Å². The lowest BCUT2D eigenvalue weighted by atomic mass is 9.90. The van der Waals surface area contributed by atoms with Crippen molar-refractivity contribution in [3.05, 3.63) is 29.3 Å². The van der Waals surface area contributed by atoms with E-state index in [1.165, 1.54) is 11.1 Å². The highest BCUT2D eigenvalue weighted by molar-refractivity contribution is 6.21.